The predicted octanol–water partition coefficient (Wildman–Crippen LogP) is 1.80. The number of fused-ring (bicyclic) bond motifs is 1. The van der Waals surface area contributed by atoms with E-state index in [9.17, 15) is 14.7 Å². The van der Waals surface area contributed by atoms with Crippen LogP contribution in [-0.4, -0.2) is 10.1 Å². The van der Waals surface area contributed by atoms with Crippen molar-refractivity contribution in [3.8, 4) is 5.75 Å². The lowest BCUT2D eigenvalue weighted by Gasteiger charge is -2.00. The summed E-state index contributed by atoms with van der Waals surface area (Å²) in [7, 11) is 0. The van der Waals surface area contributed by atoms with Gasteiger partial charge in [0.05, 0.1) is 10.9 Å². The van der Waals surface area contributed by atoms with Gasteiger partial charge in [0, 0.05) is 13.2 Å². The lowest BCUT2D eigenvalue weighted by molar-refractivity contribution is 0.481. The summed E-state index contributed by atoms with van der Waals surface area (Å²) in [6, 6.07) is 4.57. The Balaban J connectivity index is 3.22. The Morgan fingerprint density at radius 2 is 1.75 bits per heavy atom. The second-order valence-corrected chi connectivity index (χ2v) is 5.45. The minimum Gasteiger partial charge on any atom is -0.507 e. The molecule has 6 heteroatoms. The fourth-order valence-corrected chi connectivity index (χ4v) is 2.67. The SMILES string of the molecule is O=c1cc(O)c2c(I)ccc(I)c2[nH]c1=O. The van der Waals surface area contributed by atoms with Crippen LogP contribution in [0.15, 0.2) is 27.8 Å². The third kappa shape index (κ3) is 1.95. The Bertz CT molecular complexity index is 694. The van der Waals surface area contributed by atoms with Crippen LogP contribution in [0.3, 0.4) is 0 Å². The molecule has 1 heterocycles. The minimum absolute atomic E-state index is 0.179. The molecule has 1 aromatic heterocycles. The van der Waals surface area contributed by atoms with E-state index >= 15 is 0 Å². The van der Waals surface area contributed by atoms with Crippen LogP contribution >= 0.6 is 45.2 Å². The van der Waals surface area contributed by atoms with Crippen molar-refractivity contribution in [1.29, 1.82) is 0 Å². The highest BCUT2D eigenvalue weighted by molar-refractivity contribution is 14.1. The van der Waals surface area contributed by atoms with Crippen molar-refractivity contribution in [2.75, 3.05) is 0 Å². The van der Waals surface area contributed by atoms with Crippen LogP contribution in [0.5, 0.6) is 5.75 Å². The third-order valence-electron chi connectivity index (χ3n) is 2.09. The first-order valence-electron chi connectivity index (χ1n) is 4.25. The van der Waals surface area contributed by atoms with Gasteiger partial charge in [0.1, 0.15) is 5.75 Å². The van der Waals surface area contributed by atoms with Crippen LogP contribution in [0.4, 0.5) is 0 Å². The van der Waals surface area contributed by atoms with Gasteiger partial charge < -0.3 is 10.1 Å². The van der Waals surface area contributed by atoms with E-state index < -0.39 is 11.0 Å². The maximum atomic E-state index is 11.4. The highest BCUT2D eigenvalue weighted by Crippen LogP contribution is 2.28. The van der Waals surface area contributed by atoms with E-state index in [1.165, 1.54) is 0 Å². The molecular formula is C10H5I2NO3. The van der Waals surface area contributed by atoms with Crippen LogP contribution < -0.4 is 11.0 Å². The number of nitrogens with one attached hydrogen (secondary N) is 1. The van der Waals surface area contributed by atoms with E-state index in [-0.39, 0.29) is 5.75 Å². The third-order valence-corrected chi connectivity index (χ3v) is 3.89. The van der Waals surface area contributed by atoms with Gasteiger partial charge in [0.2, 0.25) is 5.43 Å². The van der Waals surface area contributed by atoms with Crippen LogP contribution in [0.1, 0.15) is 0 Å². The lowest BCUT2D eigenvalue weighted by atomic mass is 10.2. The van der Waals surface area contributed by atoms with Crippen LogP contribution in [0.25, 0.3) is 10.9 Å². The number of aromatic amines is 1. The fraction of sp³-hybridized carbons (Fsp3) is 0. The highest BCUT2D eigenvalue weighted by Gasteiger charge is 2.08. The van der Waals surface area contributed by atoms with Crippen molar-refractivity contribution >= 4 is 56.1 Å². The number of H-pyrrole nitrogens is 1. The number of aromatic nitrogens is 1. The molecule has 0 saturated carbocycles. The number of hydrogen-bond acceptors (Lipinski definition) is 3. The molecule has 0 unspecified atom stereocenters. The topological polar surface area (TPSA) is 70.2 Å². The van der Waals surface area contributed by atoms with Crippen LogP contribution in [0.2, 0.25) is 0 Å². The Kier molecular flexibility index (Phi) is 3.19. The van der Waals surface area contributed by atoms with Crippen molar-refractivity contribution in [3.63, 3.8) is 0 Å². The molecule has 0 radical (unpaired) electrons. The molecule has 0 amide bonds. The van der Waals surface area contributed by atoms with E-state index in [4.69, 9.17) is 0 Å². The second-order valence-electron chi connectivity index (χ2n) is 3.13. The van der Waals surface area contributed by atoms with E-state index in [1.807, 2.05) is 57.3 Å². The molecule has 82 valence electrons. The van der Waals surface area contributed by atoms with Crippen molar-refractivity contribution in [2.45, 2.75) is 0 Å². The summed E-state index contributed by atoms with van der Waals surface area (Å²) >= 11 is 4.08. The zero-order valence-electron chi connectivity index (χ0n) is 7.75. The molecular weight excluding hydrogens is 436 g/mol. The molecule has 0 aliphatic rings. The molecule has 2 aromatic rings. The largest absolute Gasteiger partial charge is 0.507 e. The predicted molar refractivity (Wildman–Crippen MR) is 77.9 cm³/mol. The van der Waals surface area contributed by atoms with Gasteiger partial charge in [0.25, 0.3) is 5.56 Å². The zero-order chi connectivity index (χ0) is 11.9. The van der Waals surface area contributed by atoms with Crippen molar-refractivity contribution in [1.82, 2.24) is 4.98 Å². The number of benzene rings is 1. The second kappa shape index (κ2) is 4.32. The average molecular weight is 441 g/mol. The zero-order valence-corrected chi connectivity index (χ0v) is 12.1. The average Bonchev–Trinajstić information content (AvgIpc) is 2.33. The molecule has 0 atom stereocenters. The molecule has 1 aromatic carbocycles. The van der Waals surface area contributed by atoms with Gasteiger partial charge in [-0.1, -0.05) is 0 Å². The molecule has 16 heavy (non-hydrogen) atoms. The van der Waals surface area contributed by atoms with Crippen LogP contribution in [0, 0.1) is 7.14 Å². The molecule has 2 rings (SSSR count). The first kappa shape index (κ1) is 11.8. The monoisotopic (exact) mass is 441 g/mol. The molecule has 0 spiro atoms. The first-order valence-corrected chi connectivity index (χ1v) is 6.41. The van der Waals surface area contributed by atoms with E-state index in [1.54, 1.807) is 0 Å². The van der Waals surface area contributed by atoms with E-state index in [0.717, 1.165) is 13.2 Å². The van der Waals surface area contributed by atoms with Gasteiger partial charge in [-0.15, -0.1) is 0 Å². The molecule has 0 aliphatic carbocycles. The molecule has 0 fully saturated rings. The molecule has 4 nitrogen and oxygen atoms in total. The van der Waals surface area contributed by atoms with Gasteiger partial charge in [-0.05, 0) is 57.3 Å². The number of hydrogen-bond donors (Lipinski definition) is 2. The maximum absolute atomic E-state index is 11.4. The lowest BCUT2D eigenvalue weighted by Crippen LogP contribution is -2.22. The van der Waals surface area contributed by atoms with Gasteiger partial charge in [0.15, 0.2) is 0 Å². The maximum Gasteiger partial charge on any atom is 0.296 e. The Morgan fingerprint density at radius 3 is 2.44 bits per heavy atom. The molecule has 0 saturated heterocycles. The Hall–Kier alpha value is -0.640. The van der Waals surface area contributed by atoms with Crippen molar-refractivity contribution < 1.29 is 5.11 Å². The first-order chi connectivity index (χ1) is 7.50. The van der Waals surface area contributed by atoms with Crippen molar-refractivity contribution in [3.05, 3.63) is 45.9 Å². The molecule has 0 bridgehead atoms. The Morgan fingerprint density at radius 1 is 1.12 bits per heavy atom. The quantitative estimate of drug-likeness (QED) is 0.485. The summed E-state index contributed by atoms with van der Waals surface area (Å²) < 4.78 is 1.55. The number of halogens is 2. The Labute approximate surface area is 117 Å². The van der Waals surface area contributed by atoms with Gasteiger partial charge in [-0.25, -0.2) is 0 Å². The standard InChI is InChI=1S/C10H5I2NO3/c11-4-1-2-5(12)9-8(4)6(14)3-7(15)10(16)13-9/h1-3,14H,(H,13,15,16). The summed E-state index contributed by atoms with van der Waals surface area (Å²) in [5.41, 5.74) is -0.998. The summed E-state index contributed by atoms with van der Waals surface area (Å²) in [4.78, 5) is 25.1. The van der Waals surface area contributed by atoms with Crippen molar-refractivity contribution in [2.24, 2.45) is 0 Å². The van der Waals surface area contributed by atoms with Gasteiger partial charge >= 0.3 is 0 Å². The van der Waals surface area contributed by atoms with Crippen LogP contribution in [-0.2, 0) is 0 Å². The normalized spacial score (nSPS) is 10.6. The number of rotatable bonds is 0. The molecule has 2 N–H and O–H groups in total. The summed E-state index contributed by atoms with van der Waals surface area (Å²) in [5, 5.41) is 10.3. The molecule has 0 aliphatic heterocycles. The van der Waals surface area contributed by atoms with E-state index in [2.05, 4.69) is 4.98 Å². The summed E-state index contributed by atoms with van der Waals surface area (Å²) in [5.74, 6) is -0.179. The summed E-state index contributed by atoms with van der Waals surface area (Å²) in [6.45, 7) is 0. The smallest absolute Gasteiger partial charge is 0.296 e. The van der Waals surface area contributed by atoms with Gasteiger partial charge in [-0.3, -0.25) is 9.59 Å². The number of aromatic hydroxyl groups is 1. The highest BCUT2D eigenvalue weighted by atomic mass is 127. The minimum atomic E-state index is -0.750. The fourth-order valence-electron chi connectivity index (χ4n) is 1.36. The summed E-state index contributed by atoms with van der Waals surface area (Å²) in [6.07, 6.45) is 0. The van der Waals surface area contributed by atoms with Gasteiger partial charge in [-0.2, -0.15) is 0 Å². The van der Waals surface area contributed by atoms with E-state index in [0.29, 0.717) is 10.9 Å².